The Hall–Kier alpha value is -4.49. The molecule has 5 rings (SSSR count). The monoisotopic (exact) mass is 496 g/mol. The summed E-state index contributed by atoms with van der Waals surface area (Å²) in [6, 6.07) is 24.1. The number of carbonyl (C=O) groups excluding carboxylic acids is 2. The van der Waals surface area contributed by atoms with E-state index in [9.17, 15) is 14.4 Å². The first-order valence-electron chi connectivity index (χ1n) is 11.3. The van der Waals surface area contributed by atoms with Crippen molar-refractivity contribution in [2.24, 2.45) is 0 Å². The zero-order valence-corrected chi connectivity index (χ0v) is 19.8. The van der Waals surface area contributed by atoms with Crippen LogP contribution in [-0.4, -0.2) is 26.5 Å². The molecule has 0 atom stereocenters. The summed E-state index contributed by atoms with van der Waals surface area (Å²) in [6.45, 7) is 0.630. The predicted octanol–water partition coefficient (Wildman–Crippen LogP) is 4.59. The molecule has 0 bridgehead atoms. The molecule has 0 unspecified atom stereocenters. The highest BCUT2D eigenvalue weighted by Crippen LogP contribution is 2.21. The molecule has 0 aliphatic carbocycles. The van der Waals surface area contributed by atoms with E-state index in [1.54, 1.807) is 71.4 Å². The van der Waals surface area contributed by atoms with Gasteiger partial charge in [-0.1, -0.05) is 54.1 Å². The van der Waals surface area contributed by atoms with Gasteiger partial charge >= 0.3 is 0 Å². The second-order valence-corrected chi connectivity index (χ2v) is 8.75. The zero-order chi connectivity index (χ0) is 25.1. The summed E-state index contributed by atoms with van der Waals surface area (Å²) in [5, 5.41) is 11.5. The van der Waals surface area contributed by atoms with Crippen LogP contribution in [0.1, 0.15) is 37.5 Å². The van der Waals surface area contributed by atoms with Gasteiger partial charge in [0.1, 0.15) is 0 Å². The number of amides is 1. The summed E-state index contributed by atoms with van der Waals surface area (Å²) >= 11 is 6.08. The van der Waals surface area contributed by atoms with Gasteiger partial charge in [0.15, 0.2) is 5.78 Å². The van der Waals surface area contributed by atoms with E-state index < -0.39 is 0 Å². The lowest BCUT2D eigenvalue weighted by atomic mass is 10.00. The summed E-state index contributed by atoms with van der Waals surface area (Å²) in [5.74, 6) is -0.507. The van der Waals surface area contributed by atoms with Gasteiger partial charge in [-0.15, -0.1) is 0 Å². The number of hydrogen-bond donors (Lipinski definition) is 2. The van der Waals surface area contributed by atoms with Gasteiger partial charge in [-0.25, -0.2) is 0 Å². The first kappa shape index (κ1) is 23.3. The molecular weight excluding hydrogens is 476 g/mol. The molecule has 2 aromatic heterocycles. The van der Waals surface area contributed by atoms with Crippen molar-refractivity contribution in [3.8, 4) is 0 Å². The second kappa shape index (κ2) is 10.0. The maximum atomic E-state index is 13.1. The van der Waals surface area contributed by atoms with Crippen LogP contribution in [0.2, 0.25) is 5.02 Å². The number of hydrogen-bond acceptors (Lipinski definition) is 4. The fourth-order valence-electron chi connectivity index (χ4n) is 3.96. The van der Waals surface area contributed by atoms with E-state index in [2.05, 4.69) is 15.5 Å². The molecule has 3 aromatic carbocycles. The second-order valence-electron chi connectivity index (χ2n) is 8.32. The molecule has 36 heavy (non-hydrogen) atoms. The highest BCUT2D eigenvalue weighted by molar-refractivity contribution is 6.31. The first-order chi connectivity index (χ1) is 17.5. The Morgan fingerprint density at radius 1 is 0.889 bits per heavy atom. The van der Waals surface area contributed by atoms with Gasteiger partial charge in [-0.3, -0.25) is 19.5 Å². The van der Waals surface area contributed by atoms with Crippen molar-refractivity contribution < 1.29 is 9.59 Å². The van der Waals surface area contributed by atoms with E-state index in [1.807, 2.05) is 18.2 Å². The Kier molecular flexibility index (Phi) is 6.47. The van der Waals surface area contributed by atoms with Crippen LogP contribution in [0.5, 0.6) is 0 Å². The van der Waals surface area contributed by atoms with Crippen LogP contribution in [0.4, 0.5) is 0 Å². The van der Waals surface area contributed by atoms with E-state index in [0.717, 1.165) is 16.5 Å². The maximum absolute atomic E-state index is 13.1. The molecule has 2 heterocycles. The third kappa shape index (κ3) is 4.96. The molecule has 0 spiro atoms. The molecule has 0 fully saturated rings. The number of fused-ring (bicyclic) bond motifs is 1. The lowest BCUT2D eigenvalue weighted by molar-refractivity contribution is 0.0950. The highest BCUT2D eigenvalue weighted by atomic mass is 35.5. The molecule has 178 valence electrons. The van der Waals surface area contributed by atoms with Gasteiger partial charge in [0.2, 0.25) is 0 Å². The number of aromatic nitrogens is 3. The molecule has 0 saturated heterocycles. The van der Waals surface area contributed by atoms with Crippen LogP contribution in [-0.2, 0) is 13.1 Å². The Labute approximate surface area is 211 Å². The molecule has 7 nitrogen and oxygen atoms in total. The third-order valence-electron chi connectivity index (χ3n) is 5.88. The first-order valence-corrected chi connectivity index (χ1v) is 11.7. The molecule has 1 amide bonds. The van der Waals surface area contributed by atoms with Gasteiger partial charge in [0, 0.05) is 39.4 Å². The standard InChI is InChI=1S/C28H21ClN4O3/c29-22-11-12-24-23(15-22)25(32-31-24)16-30-28(36)21-5-3-4-20(14-21)27(35)19-9-7-18(8-10-19)17-33-13-2-1-6-26(33)34/h1-15H,16-17H2,(H,30,36)(H,31,32). The lowest BCUT2D eigenvalue weighted by Gasteiger charge is -2.08. The molecule has 5 aromatic rings. The van der Waals surface area contributed by atoms with Gasteiger partial charge in [-0.05, 0) is 42.0 Å². The summed E-state index contributed by atoms with van der Waals surface area (Å²) in [6.07, 6.45) is 1.72. The Balaban J connectivity index is 1.27. The average molecular weight is 497 g/mol. The molecule has 0 aliphatic rings. The minimum atomic E-state index is -0.313. The Morgan fingerprint density at radius 2 is 1.69 bits per heavy atom. The number of nitrogens with zero attached hydrogens (tertiary/aromatic N) is 2. The minimum Gasteiger partial charge on any atom is -0.346 e. The van der Waals surface area contributed by atoms with Gasteiger partial charge in [0.05, 0.1) is 24.3 Å². The molecule has 0 aliphatic heterocycles. The van der Waals surface area contributed by atoms with Crippen molar-refractivity contribution in [3.63, 3.8) is 0 Å². The van der Waals surface area contributed by atoms with Crippen molar-refractivity contribution in [3.05, 3.63) is 134 Å². The van der Waals surface area contributed by atoms with Gasteiger partial charge in [-0.2, -0.15) is 5.10 Å². The van der Waals surface area contributed by atoms with E-state index >= 15 is 0 Å². The summed E-state index contributed by atoms with van der Waals surface area (Å²) in [7, 11) is 0. The quantitative estimate of drug-likeness (QED) is 0.322. The number of H-pyrrole nitrogens is 1. The Morgan fingerprint density at radius 3 is 2.50 bits per heavy atom. The fourth-order valence-corrected chi connectivity index (χ4v) is 4.13. The topological polar surface area (TPSA) is 96.8 Å². The number of rotatable bonds is 7. The van der Waals surface area contributed by atoms with Crippen LogP contribution in [0.25, 0.3) is 10.9 Å². The number of halogens is 1. The SMILES string of the molecule is O=C(NCc1n[nH]c2ccc(Cl)cc12)c1cccc(C(=O)c2ccc(Cn3ccccc3=O)cc2)c1. The number of nitrogens with one attached hydrogen (secondary N) is 2. The van der Waals surface area contributed by atoms with Gasteiger partial charge in [0.25, 0.3) is 11.5 Å². The molecule has 0 saturated carbocycles. The number of aromatic amines is 1. The molecule has 2 N–H and O–H groups in total. The largest absolute Gasteiger partial charge is 0.346 e. The summed E-state index contributed by atoms with van der Waals surface area (Å²) in [5.41, 5.74) is 3.60. The normalized spacial score (nSPS) is 10.9. The maximum Gasteiger partial charge on any atom is 0.251 e. The summed E-state index contributed by atoms with van der Waals surface area (Å²) < 4.78 is 1.60. The fraction of sp³-hybridized carbons (Fsp3) is 0.0714. The van der Waals surface area contributed by atoms with Crippen LogP contribution in [0.3, 0.4) is 0 Å². The molecular formula is C28H21ClN4O3. The predicted molar refractivity (Wildman–Crippen MR) is 138 cm³/mol. The van der Waals surface area contributed by atoms with Crippen molar-refractivity contribution in [2.75, 3.05) is 0 Å². The molecule has 0 radical (unpaired) electrons. The smallest absolute Gasteiger partial charge is 0.251 e. The number of pyridine rings is 1. The minimum absolute atomic E-state index is 0.0861. The van der Waals surface area contributed by atoms with Crippen LogP contribution in [0.15, 0.2) is 95.9 Å². The average Bonchev–Trinajstić information content (AvgIpc) is 3.30. The van der Waals surface area contributed by atoms with Crippen LogP contribution < -0.4 is 10.9 Å². The van der Waals surface area contributed by atoms with Crippen molar-refractivity contribution in [2.45, 2.75) is 13.1 Å². The van der Waals surface area contributed by atoms with Gasteiger partial charge < -0.3 is 9.88 Å². The zero-order valence-electron chi connectivity index (χ0n) is 19.1. The van der Waals surface area contributed by atoms with E-state index in [4.69, 9.17) is 11.6 Å². The highest BCUT2D eigenvalue weighted by Gasteiger charge is 2.14. The number of carbonyl (C=O) groups is 2. The number of benzene rings is 3. The van der Waals surface area contributed by atoms with Crippen molar-refractivity contribution >= 4 is 34.2 Å². The van der Waals surface area contributed by atoms with E-state index in [-0.39, 0.29) is 23.8 Å². The Bertz CT molecular complexity index is 1640. The molecule has 8 heteroatoms. The van der Waals surface area contributed by atoms with Crippen LogP contribution >= 0.6 is 11.6 Å². The number of ketones is 1. The third-order valence-corrected chi connectivity index (χ3v) is 6.11. The van der Waals surface area contributed by atoms with E-state index in [1.165, 1.54) is 6.07 Å². The van der Waals surface area contributed by atoms with Crippen LogP contribution in [0, 0.1) is 0 Å². The van der Waals surface area contributed by atoms with Crippen molar-refractivity contribution in [1.82, 2.24) is 20.1 Å². The summed E-state index contributed by atoms with van der Waals surface area (Å²) in [4.78, 5) is 37.8. The lowest BCUT2D eigenvalue weighted by Crippen LogP contribution is -2.23. The van der Waals surface area contributed by atoms with Crippen molar-refractivity contribution in [1.29, 1.82) is 0 Å². The van der Waals surface area contributed by atoms with E-state index in [0.29, 0.717) is 34.0 Å².